The van der Waals surface area contributed by atoms with E-state index in [1.54, 1.807) is 9.47 Å². The second-order valence-corrected chi connectivity index (χ2v) is 8.35. The molecular weight excluding hydrogens is 338 g/mol. The zero-order valence-electron chi connectivity index (χ0n) is 14.8. The number of likely N-dealkylation sites (tertiary alicyclic amines) is 1. The van der Waals surface area contributed by atoms with E-state index in [9.17, 15) is 14.4 Å². The van der Waals surface area contributed by atoms with E-state index < -0.39 is 0 Å². The molecule has 3 rings (SSSR count). The van der Waals surface area contributed by atoms with E-state index in [4.69, 9.17) is 5.73 Å². The molecule has 0 spiro atoms. The predicted octanol–water partition coefficient (Wildman–Crippen LogP) is 1.54. The largest absolute Gasteiger partial charge is 0.369 e. The minimum atomic E-state index is -0.343. The first-order valence-electron chi connectivity index (χ1n) is 9.28. The maximum Gasteiger partial charge on any atom is 0.308 e. The third-order valence-corrected chi connectivity index (χ3v) is 6.55. The van der Waals surface area contributed by atoms with Gasteiger partial charge in [-0.3, -0.25) is 19.0 Å². The summed E-state index contributed by atoms with van der Waals surface area (Å²) in [5, 5.41) is 0. The van der Waals surface area contributed by atoms with Gasteiger partial charge in [0, 0.05) is 23.7 Å². The molecule has 1 aromatic heterocycles. The lowest BCUT2D eigenvalue weighted by Gasteiger charge is -2.31. The monoisotopic (exact) mass is 365 g/mol. The van der Waals surface area contributed by atoms with Gasteiger partial charge in [-0.15, -0.1) is 0 Å². The molecule has 7 heteroatoms. The standard InChI is InChI=1S/C18H27N3O3S/c1-2-4-12-6-7-14-15(9-12)25-18(24)21(14)11-16(22)20-8-3-5-13(10-20)17(19)23/h12-13H,2-11H2,1H3,(H2,19,23)/t12-,13+/m0/s1. The van der Waals surface area contributed by atoms with Gasteiger partial charge in [0.1, 0.15) is 6.54 Å². The highest BCUT2D eigenvalue weighted by atomic mass is 32.1. The van der Waals surface area contributed by atoms with Crippen molar-refractivity contribution < 1.29 is 9.59 Å². The summed E-state index contributed by atoms with van der Waals surface area (Å²) in [6, 6.07) is 0. The van der Waals surface area contributed by atoms with Crippen molar-refractivity contribution in [1.82, 2.24) is 9.47 Å². The molecule has 2 amide bonds. The normalized spacial score (nSPS) is 23.3. The van der Waals surface area contributed by atoms with Crippen LogP contribution in [0.4, 0.5) is 0 Å². The van der Waals surface area contributed by atoms with Crippen LogP contribution in [0.2, 0.25) is 0 Å². The Kier molecular flexibility index (Phi) is 5.61. The molecule has 2 atom stereocenters. The van der Waals surface area contributed by atoms with E-state index in [2.05, 4.69) is 6.92 Å². The third-order valence-electron chi connectivity index (χ3n) is 5.51. The Balaban J connectivity index is 1.70. The number of nitrogens with zero attached hydrogens (tertiary/aromatic N) is 2. The molecule has 1 aliphatic carbocycles. The SMILES string of the molecule is CCC[C@H]1CCc2c(sc(=O)n2CC(=O)N2CCC[C@@H](C(N)=O)C2)C1. The summed E-state index contributed by atoms with van der Waals surface area (Å²) < 4.78 is 1.67. The highest BCUT2D eigenvalue weighted by Crippen LogP contribution is 2.30. The van der Waals surface area contributed by atoms with Gasteiger partial charge in [-0.2, -0.15) is 0 Å². The van der Waals surface area contributed by atoms with Gasteiger partial charge in [0.15, 0.2) is 0 Å². The summed E-state index contributed by atoms with van der Waals surface area (Å²) in [6.45, 7) is 3.31. The van der Waals surface area contributed by atoms with Crippen LogP contribution in [0.15, 0.2) is 4.79 Å². The molecular formula is C18H27N3O3S. The fraction of sp³-hybridized carbons (Fsp3) is 0.722. The number of primary amides is 1. The number of carbonyl (C=O) groups excluding carboxylic acids is 2. The molecule has 2 N–H and O–H groups in total. The van der Waals surface area contributed by atoms with Crippen molar-refractivity contribution in [2.75, 3.05) is 13.1 Å². The smallest absolute Gasteiger partial charge is 0.308 e. The highest BCUT2D eigenvalue weighted by molar-refractivity contribution is 7.09. The van der Waals surface area contributed by atoms with Crippen LogP contribution < -0.4 is 10.6 Å². The minimum Gasteiger partial charge on any atom is -0.369 e. The Morgan fingerprint density at radius 3 is 2.84 bits per heavy atom. The number of hydrogen-bond donors (Lipinski definition) is 1. The molecule has 1 aliphatic heterocycles. The number of rotatable bonds is 5. The van der Waals surface area contributed by atoms with Gasteiger partial charge in [-0.1, -0.05) is 31.1 Å². The molecule has 1 aromatic rings. The Bertz CT molecular complexity index is 709. The van der Waals surface area contributed by atoms with Crippen LogP contribution >= 0.6 is 11.3 Å². The fourth-order valence-electron chi connectivity index (χ4n) is 4.10. The van der Waals surface area contributed by atoms with Crippen molar-refractivity contribution in [2.45, 2.75) is 58.4 Å². The maximum absolute atomic E-state index is 12.7. The summed E-state index contributed by atoms with van der Waals surface area (Å²) in [6.07, 6.45) is 6.85. The quantitative estimate of drug-likeness (QED) is 0.859. The zero-order chi connectivity index (χ0) is 18.0. The Labute approximate surface area is 152 Å². The van der Waals surface area contributed by atoms with E-state index in [0.717, 1.165) is 42.7 Å². The van der Waals surface area contributed by atoms with Crippen molar-refractivity contribution in [3.63, 3.8) is 0 Å². The van der Waals surface area contributed by atoms with E-state index in [1.165, 1.54) is 24.2 Å². The Hall–Kier alpha value is -1.63. The molecule has 0 saturated carbocycles. The molecule has 6 nitrogen and oxygen atoms in total. The van der Waals surface area contributed by atoms with Crippen LogP contribution in [-0.2, 0) is 29.0 Å². The molecule has 0 unspecified atom stereocenters. The van der Waals surface area contributed by atoms with E-state index in [0.29, 0.717) is 19.0 Å². The van der Waals surface area contributed by atoms with E-state index in [-0.39, 0.29) is 29.1 Å². The lowest BCUT2D eigenvalue weighted by molar-refractivity contribution is -0.135. The molecule has 0 bridgehead atoms. The average molecular weight is 365 g/mol. The summed E-state index contributed by atoms with van der Waals surface area (Å²) in [5.74, 6) is -0.0207. The summed E-state index contributed by atoms with van der Waals surface area (Å²) in [5.41, 5.74) is 6.44. The molecule has 1 fully saturated rings. The van der Waals surface area contributed by atoms with Crippen LogP contribution in [0.3, 0.4) is 0 Å². The molecule has 0 aromatic carbocycles. The zero-order valence-corrected chi connectivity index (χ0v) is 15.6. The van der Waals surface area contributed by atoms with Gasteiger partial charge in [-0.05, 0) is 38.0 Å². The van der Waals surface area contributed by atoms with Gasteiger partial charge in [0.05, 0.1) is 5.92 Å². The van der Waals surface area contributed by atoms with Gasteiger partial charge in [0.2, 0.25) is 11.8 Å². The Morgan fingerprint density at radius 1 is 1.32 bits per heavy atom. The summed E-state index contributed by atoms with van der Waals surface area (Å²) in [4.78, 5) is 39.3. The van der Waals surface area contributed by atoms with Gasteiger partial charge in [-0.25, -0.2) is 0 Å². The number of thiazole rings is 1. The van der Waals surface area contributed by atoms with Crippen molar-refractivity contribution in [3.05, 3.63) is 20.2 Å². The predicted molar refractivity (Wildman–Crippen MR) is 97.5 cm³/mol. The number of fused-ring (bicyclic) bond motifs is 1. The second kappa shape index (κ2) is 7.72. The van der Waals surface area contributed by atoms with E-state index in [1.807, 2.05) is 0 Å². The van der Waals surface area contributed by atoms with Crippen LogP contribution in [0.1, 0.15) is 49.6 Å². The number of hydrogen-bond acceptors (Lipinski definition) is 4. The third kappa shape index (κ3) is 3.97. The minimum absolute atomic E-state index is 0.0287. The summed E-state index contributed by atoms with van der Waals surface area (Å²) >= 11 is 1.30. The van der Waals surface area contributed by atoms with E-state index >= 15 is 0 Å². The van der Waals surface area contributed by atoms with Crippen LogP contribution in [0.5, 0.6) is 0 Å². The van der Waals surface area contributed by atoms with Crippen molar-refractivity contribution in [1.29, 1.82) is 0 Å². The number of nitrogens with two attached hydrogens (primary N) is 1. The number of piperidine rings is 1. The lowest BCUT2D eigenvalue weighted by atomic mass is 9.88. The number of amides is 2. The Morgan fingerprint density at radius 2 is 2.12 bits per heavy atom. The van der Waals surface area contributed by atoms with Crippen LogP contribution in [-0.4, -0.2) is 34.4 Å². The molecule has 0 radical (unpaired) electrons. The molecule has 2 aliphatic rings. The number of aromatic nitrogens is 1. The van der Waals surface area contributed by atoms with Gasteiger partial charge >= 0.3 is 4.87 Å². The average Bonchev–Trinajstić information content (AvgIpc) is 2.90. The first kappa shape index (κ1) is 18.2. The first-order chi connectivity index (χ1) is 12.0. The van der Waals surface area contributed by atoms with Crippen LogP contribution in [0.25, 0.3) is 0 Å². The molecule has 138 valence electrons. The second-order valence-electron chi connectivity index (χ2n) is 7.30. The van der Waals surface area contributed by atoms with Crippen molar-refractivity contribution in [3.8, 4) is 0 Å². The first-order valence-corrected chi connectivity index (χ1v) is 10.1. The van der Waals surface area contributed by atoms with Crippen molar-refractivity contribution in [2.24, 2.45) is 17.6 Å². The fourth-order valence-corrected chi connectivity index (χ4v) is 5.25. The molecule has 25 heavy (non-hydrogen) atoms. The summed E-state index contributed by atoms with van der Waals surface area (Å²) in [7, 11) is 0. The highest BCUT2D eigenvalue weighted by Gasteiger charge is 2.29. The maximum atomic E-state index is 12.7. The van der Waals surface area contributed by atoms with Gasteiger partial charge < -0.3 is 10.6 Å². The topological polar surface area (TPSA) is 85.4 Å². The van der Waals surface area contributed by atoms with Crippen molar-refractivity contribution >= 4 is 23.2 Å². The van der Waals surface area contributed by atoms with Gasteiger partial charge in [0.25, 0.3) is 0 Å². The number of carbonyl (C=O) groups is 2. The molecule has 2 heterocycles. The lowest BCUT2D eigenvalue weighted by Crippen LogP contribution is -2.45. The molecule has 1 saturated heterocycles. The van der Waals surface area contributed by atoms with Crippen LogP contribution in [0, 0.1) is 11.8 Å².